The summed E-state index contributed by atoms with van der Waals surface area (Å²) in [5.41, 5.74) is 5.81. The number of nitrogens with zero attached hydrogens (tertiary/aromatic N) is 1. The van der Waals surface area contributed by atoms with Gasteiger partial charge in [-0.05, 0) is 38.8 Å². The first kappa shape index (κ1) is 14.5. The van der Waals surface area contributed by atoms with Gasteiger partial charge < -0.3 is 11.1 Å². The van der Waals surface area contributed by atoms with Crippen LogP contribution in [0.4, 0.5) is 0 Å². The molecule has 0 aromatic carbocycles. The molecule has 100 valence electrons. The summed E-state index contributed by atoms with van der Waals surface area (Å²) in [6.45, 7) is 6.97. The highest BCUT2D eigenvalue weighted by molar-refractivity contribution is 5.77. The smallest absolute Gasteiger partial charge is 0.221 e. The van der Waals surface area contributed by atoms with Gasteiger partial charge in [-0.1, -0.05) is 13.8 Å². The number of nitrogens with two attached hydrogens (primary N) is 1. The minimum atomic E-state index is 0.167. The number of hydrogen-bond acceptors (Lipinski definition) is 3. The van der Waals surface area contributed by atoms with E-state index < -0.39 is 0 Å². The summed E-state index contributed by atoms with van der Waals surface area (Å²) in [6.07, 6.45) is 5.06. The molecule has 0 heterocycles. The summed E-state index contributed by atoms with van der Waals surface area (Å²) in [5, 5.41) is 3.04. The maximum absolute atomic E-state index is 11.8. The van der Waals surface area contributed by atoms with Gasteiger partial charge in [-0.2, -0.15) is 0 Å². The Labute approximate surface area is 105 Å². The van der Waals surface area contributed by atoms with E-state index >= 15 is 0 Å². The molecule has 0 bridgehead atoms. The Balaban J connectivity index is 2.38. The molecule has 0 radical (unpaired) electrons. The van der Waals surface area contributed by atoms with Crippen molar-refractivity contribution in [1.82, 2.24) is 10.2 Å². The van der Waals surface area contributed by atoms with Gasteiger partial charge in [-0.3, -0.25) is 9.69 Å². The van der Waals surface area contributed by atoms with E-state index in [4.69, 9.17) is 5.73 Å². The first-order chi connectivity index (χ1) is 8.21. The fourth-order valence-electron chi connectivity index (χ4n) is 2.14. The lowest BCUT2D eigenvalue weighted by molar-refractivity contribution is -0.122. The second-order valence-corrected chi connectivity index (χ2v) is 4.97. The maximum atomic E-state index is 11.8. The van der Waals surface area contributed by atoms with Crippen LogP contribution in [0.2, 0.25) is 0 Å². The normalized spacial score (nSPS) is 17.2. The molecule has 0 aromatic rings. The second kappa shape index (κ2) is 7.67. The topological polar surface area (TPSA) is 58.4 Å². The van der Waals surface area contributed by atoms with Crippen LogP contribution < -0.4 is 11.1 Å². The molecule has 1 amide bonds. The largest absolute Gasteiger partial charge is 0.353 e. The van der Waals surface area contributed by atoms with Crippen molar-refractivity contribution >= 4 is 5.91 Å². The van der Waals surface area contributed by atoms with Gasteiger partial charge in [0.15, 0.2) is 0 Å². The average Bonchev–Trinajstić information content (AvgIpc) is 3.09. The number of amides is 1. The minimum Gasteiger partial charge on any atom is -0.353 e. The molecule has 4 heteroatoms. The molecule has 1 aliphatic rings. The summed E-state index contributed by atoms with van der Waals surface area (Å²) in [6, 6.07) is 0.653. The zero-order chi connectivity index (χ0) is 12.7. The Morgan fingerprint density at radius 1 is 1.35 bits per heavy atom. The first-order valence-corrected chi connectivity index (χ1v) is 6.94. The summed E-state index contributed by atoms with van der Waals surface area (Å²) < 4.78 is 0. The third-order valence-corrected chi connectivity index (χ3v) is 3.17. The number of hydrogen-bond donors (Lipinski definition) is 2. The van der Waals surface area contributed by atoms with Crippen molar-refractivity contribution in [1.29, 1.82) is 0 Å². The van der Waals surface area contributed by atoms with Crippen molar-refractivity contribution in [2.45, 2.75) is 58.0 Å². The number of rotatable bonds is 9. The minimum absolute atomic E-state index is 0.167. The monoisotopic (exact) mass is 241 g/mol. The Morgan fingerprint density at radius 3 is 2.35 bits per heavy atom. The highest BCUT2D eigenvalue weighted by Crippen LogP contribution is 2.19. The zero-order valence-corrected chi connectivity index (χ0v) is 11.2. The van der Waals surface area contributed by atoms with Gasteiger partial charge in [0.1, 0.15) is 0 Å². The Morgan fingerprint density at radius 2 is 1.94 bits per heavy atom. The van der Waals surface area contributed by atoms with Gasteiger partial charge in [-0.15, -0.1) is 0 Å². The van der Waals surface area contributed by atoms with Crippen LogP contribution in [0.15, 0.2) is 0 Å². The second-order valence-electron chi connectivity index (χ2n) is 4.97. The van der Waals surface area contributed by atoms with Crippen molar-refractivity contribution < 1.29 is 4.79 Å². The van der Waals surface area contributed by atoms with Crippen LogP contribution in [0, 0.1) is 0 Å². The van der Waals surface area contributed by atoms with Crippen molar-refractivity contribution in [3.05, 3.63) is 0 Å². The fraction of sp³-hybridized carbons (Fsp3) is 0.923. The predicted octanol–water partition coefficient (Wildman–Crippen LogP) is 1.10. The lowest BCUT2D eigenvalue weighted by atomic mass is 10.1. The molecule has 3 N–H and O–H groups in total. The van der Waals surface area contributed by atoms with Gasteiger partial charge in [-0.25, -0.2) is 0 Å². The van der Waals surface area contributed by atoms with Gasteiger partial charge in [0.05, 0.1) is 0 Å². The van der Waals surface area contributed by atoms with E-state index in [1.165, 1.54) is 0 Å². The molecule has 0 saturated heterocycles. The summed E-state index contributed by atoms with van der Waals surface area (Å²) in [5.74, 6) is 0.167. The Kier molecular flexibility index (Phi) is 6.52. The van der Waals surface area contributed by atoms with Crippen molar-refractivity contribution in [2.75, 3.05) is 19.6 Å². The van der Waals surface area contributed by atoms with Gasteiger partial charge in [0, 0.05) is 25.0 Å². The van der Waals surface area contributed by atoms with Crippen LogP contribution in [0.3, 0.4) is 0 Å². The summed E-state index contributed by atoms with van der Waals surface area (Å²) >= 11 is 0. The molecule has 1 aliphatic carbocycles. The third-order valence-electron chi connectivity index (χ3n) is 3.17. The van der Waals surface area contributed by atoms with Crippen LogP contribution in [0.5, 0.6) is 0 Å². The quantitative estimate of drug-likeness (QED) is 0.635. The molecular formula is C13H27N3O. The Bertz CT molecular complexity index is 223. The molecule has 1 unspecified atom stereocenters. The summed E-state index contributed by atoms with van der Waals surface area (Å²) in [7, 11) is 0. The van der Waals surface area contributed by atoms with E-state index in [1.54, 1.807) is 0 Å². The van der Waals surface area contributed by atoms with Gasteiger partial charge >= 0.3 is 0 Å². The first-order valence-electron chi connectivity index (χ1n) is 6.94. The van der Waals surface area contributed by atoms with Gasteiger partial charge in [0.25, 0.3) is 0 Å². The van der Waals surface area contributed by atoms with E-state index in [-0.39, 0.29) is 11.9 Å². The van der Waals surface area contributed by atoms with E-state index in [0.717, 1.165) is 38.8 Å². The van der Waals surface area contributed by atoms with Crippen LogP contribution in [0.25, 0.3) is 0 Å². The molecule has 1 rings (SSSR count). The SMILES string of the molecule is CCCN(CCC)C(CN)CC(=O)NC1CC1. The molecule has 17 heavy (non-hydrogen) atoms. The molecule has 0 spiro atoms. The molecule has 0 aliphatic heterocycles. The van der Waals surface area contributed by atoms with E-state index in [9.17, 15) is 4.79 Å². The fourth-order valence-corrected chi connectivity index (χ4v) is 2.14. The van der Waals surface area contributed by atoms with Crippen molar-refractivity contribution in [2.24, 2.45) is 5.73 Å². The van der Waals surface area contributed by atoms with Crippen molar-refractivity contribution in [3.8, 4) is 0 Å². The Hall–Kier alpha value is -0.610. The molecule has 1 atom stereocenters. The van der Waals surface area contributed by atoms with E-state index in [2.05, 4.69) is 24.1 Å². The molecular weight excluding hydrogens is 214 g/mol. The highest BCUT2D eigenvalue weighted by Gasteiger charge is 2.25. The van der Waals surface area contributed by atoms with E-state index in [0.29, 0.717) is 19.0 Å². The molecule has 0 aromatic heterocycles. The number of carbonyl (C=O) groups is 1. The average molecular weight is 241 g/mol. The lowest BCUT2D eigenvalue weighted by Crippen LogP contribution is -2.45. The van der Waals surface area contributed by atoms with Gasteiger partial charge in [0.2, 0.25) is 5.91 Å². The van der Waals surface area contributed by atoms with Crippen LogP contribution in [-0.4, -0.2) is 42.5 Å². The summed E-state index contributed by atoms with van der Waals surface area (Å²) in [4.78, 5) is 14.1. The maximum Gasteiger partial charge on any atom is 0.221 e. The van der Waals surface area contributed by atoms with Crippen molar-refractivity contribution in [3.63, 3.8) is 0 Å². The third kappa shape index (κ3) is 5.50. The number of carbonyl (C=O) groups excluding carboxylic acids is 1. The standard InChI is InChI=1S/C13H27N3O/c1-3-7-16(8-4-2)12(10-14)9-13(17)15-11-5-6-11/h11-12H,3-10,14H2,1-2H3,(H,15,17). The highest BCUT2D eigenvalue weighted by atomic mass is 16.1. The van der Waals surface area contributed by atoms with Crippen LogP contribution in [-0.2, 0) is 4.79 Å². The predicted molar refractivity (Wildman–Crippen MR) is 70.8 cm³/mol. The van der Waals surface area contributed by atoms with Crippen LogP contribution in [0.1, 0.15) is 46.0 Å². The lowest BCUT2D eigenvalue weighted by Gasteiger charge is -2.30. The van der Waals surface area contributed by atoms with E-state index in [1.807, 2.05) is 0 Å². The molecule has 4 nitrogen and oxygen atoms in total. The molecule has 1 saturated carbocycles. The molecule has 1 fully saturated rings. The zero-order valence-electron chi connectivity index (χ0n) is 11.2. The van der Waals surface area contributed by atoms with Crippen LogP contribution >= 0.6 is 0 Å². The number of nitrogens with one attached hydrogen (secondary N) is 1.